The summed E-state index contributed by atoms with van der Waals surface area (Å²) in [6.45, 7) is 9.34. The Bertz CT molecular complexity index is 1040. The van der Waals surface area contributed by atoms with Crippen molar-refractivity contribution in [3.63, 3.8) is 0 Å². The van der Waals surface area contributed by atoms with E-state index in [2.05, 4.69) is 0 Å². The van der Waals surface area contributed by atoms with Crippen LogP contribution >= 0.6 is 0 Å². The van der Waals surface area contributed by atoms with Gasteiger partial charge in [0.05, 0.1) is 11.3 Å². The zero-order valence-electron chi connectivity index (χ0n) is 20.4. The van der Waals surface area contributed by atoms with E-state index in [4.69, 9.17) is 18.9 Å². The minimum absolute atomic E-state index is 0.107. The van der Waals surface area contributed by atoms with Crippen molar-refractivity contribution >= 4 is 23.9 Å². The summed E-state index contributed by atoms with van der Waals surface area (Å²) in [4.78, 5) is 48.3. The summed E-state index contributed by atoms with van der Waals surface area (Å²) in [5.74, 6) is -2.10. The van der Waals surface area contributed by atoms with Gasteiger partial charge in [-0.1, -0.05) is 18.2 Å². The number of carbonyl (C=O) groups excluding carboxylic acids is 4. The first-order valence-corrected chi connectivity index (χ1v) is 11.0. The predicted molar refractivity (Wildman–Crippen MR) is 122 cm³/mol. The topological polar surface area (TPSA) is 110 Å². The lowest BCUT2D eigenvalue weighted by Gasteiger charge is -2.15. The number of carbonyl (C=O) groups is 4. The van der Waals surface area contributed by atoms with Crippen LogP contribution in [0, 0.1) is 0 Å². The molecular weight excluding hydrogens is 442 g/mol. The van der Waals surface area contributed by atoms with Crippen LogP contribution in [0.25, 0.3) is 0 Å². The smallest absolute Gasteiger partial charge is 0.337 e. The lowest BCUT2D eigenvalue weighted by Crippen LogP contribution is -2.16. The van der Waals surface area contributed by atoms with Crippen LogP contribution in [0.4, 0.5) is 0 Å². The monoisotopic (exact) mass is 473 g/mol. The molecule has 9 nitrogen and oxygen atoms in total. The van der Waals surface area contributed by atoms with E-state index in [0.717, 1.165) is 0 Å². The Morgan fingerprint density at radius 3 is 2.15 bits per heavy atom. The van der Waals surface area contributed by atoms with Crippen molar-refractivity contribution in [1.29, 1.82) is 0 Å². The third-order valence-electron chi connectivity index (χ3n) is 5.46. The molecule has 0 saturated heterocycles. The fraction of sp³-hybridized carbons (Fsp3) is 0.440. The summed E-state index contributed by atoms with van der Waals surface area (Å²) in [6.07, 6.45) is 5.41. The molecule has 1 aromatic heterocycles. The molecule has 0 radical (unpaired) electrons. The highest BCUT2D eigenvalue weighted by molar-refractivity contribution is 5.91. The van der Waals surface area contributed by atoms with Gasteiger partial charge in [-0.3, -0.25) is 4.79 Å². The molecule has 0 saturated carbocycles. The van der Waals surface area contributed by atoms with Gasteiger partial charge in [-0.2, -0.15) is 0 Å². The zero-order chi connectivity index (χ0) is 25.4. The number of aromatic nitrogens is 1. The second-order valence-corrected chi connectivity index (χ2v) is 7.74. The van der Waals surface area contributed by atoms with E-state index in [9.17, 15) is 19.2 Å². The first kappa shape index (κ1) is 26.6. The normalized spacial score (nSPS) is 18.2. The largest absolute Gasteiger partial charge is 0.457 e. The SMILES string of the molecule is C/C=C(\C)C(=O)OC/C(=C\C)C(=O)OCc1ccn2c1[C@H](OC(=O)/C(C)=C/C)C[C@@H]2OC(C)=O. The minimum atomic E-state index is -0.679. The number of esters is 4. The lowest BCUT2D eigenvalue weighted by atomic mass is 10.1. The van der Waals surface area contributed by atoms with Crippen LogP contribution in [-0.4, -0.2) is 35.1 Å². The minimum Gasteiger partial charge on any atom is -0.457 e. The molecule has 1 aliphatic heterocycles. The van der Waals surface area contributed by atoms with E-state index in [1.165, 1.54) is 13.0 Å². The molecule has 34 heavy (non-hydrogen) atoms. The highest BCUT2D eigenvalue weighted by Gasteiger charge is 2.37. The van der Waals surface area contributed by atoms with Gasteiger partial charge in [0.15, 0.2) is 6.23 Å². The van der Waals surface area contributed by atoms with Crippen LogP contribution in [0.5, 0.6) is 0 Å². The molecule has 0 unspecified atom stereocenters. The van der Waals surface area contributed by atoms with Crippen molar-refractivity contribution < 1.29 is 38.1 Å². The lowest BCUT2D eigenvalue weighted by molar-refractivity contribution is -0.153. The maximum Gasteiger partial charge on any atom is 0.337 e. The van der Waals surface area contributed by atoms with E-state index >= 15 is 0 Å². The maximum absolute atomic E-state index is 12.6. The van der Waals surface area contributed by atoms with Gasteiger partial charge >= 0.3 is 23.9 Å². The van der Waals surface area contributed by atoms with Gasteiger partial charge < -0.3 is 23.5 Å². The van der Waals surface area contributed by atoms with E-state index in [0.29, 0.717) is 22.4 Å². The summed E-state index contributed by atoms with van der Waals surface area (Å²) < 4.78 is 23.3. The molecule has 1 aliphatic rings. The number of hydrogen-bond acceptors (Lipinski definition) is 8. The first-order valence-electron chi connectivity index (χ1n) is 11.0. The number of nitrogens with zero attached hydrogens (tertiary/aromatic N) is 1. The van der Waals surface area contributed by atoms with Gasteiger partial charge in [0.1, 0.15) is 19.3 Å². The standard InChI is InChI=1S/C25H31NO8/c1-7-15(4)23(28)31-13-18(9-3)25(30)32-14-19-10-11-26-21(33-17(6)27)12-20(22(19)26)34-24(29)16(5)8-2/h7-11,20-21H,12-14H2,1-6H3/b15-7+,16-8+,18-9+/t20-,21+/m1/s1. The maximum atomic E-state index is 12.6. The predicted octanol–water partition coefficient (Wildman–Crippen LogP) is 4.00. The average Bonchev–Trinajstić information content (AvgIpc) is 3.37. The van der Waals surface area contributed by atoms with Crippen molar-refractivity contribution in [2.24, 2.45) is 0 Å². The Morgan fingerprint density at radius 2 is 1.56 bits per heavy atom. The van der Waals surface area contributed by atoms with Crippen LogP contribution in [0.3, 0.4) is 0 Å². The number of allylic oxidation sites excluding steroid dienone is 3. The second-order valence-electron chi connectivity index (χ2n) is 7.74. The van der Waals surface area contributed by atoms with E-state index in [1.807, 2.05) is 0 Å². The second kappa shape index (κ2) is 12.0. The van der Waals surface area contributed by atoms with Gasteiger partial charge in [-0.25, -0.2) is 14.4 Å². The molecule has 0 spiro atoms. The van der Waals surface area contributed by atoms with Crippen LogP contribution in [0.15, 0.2) is 47.2 Å². The van der Waals surface area contributed by atoms with E-state index in [-0.39, 0.29) is 25.2 Å². The first-order chi connectivity index (χ1) is 16.1. The Labute approximate surface area is 199 Å². The summed E-state index contributed by atoms with van der Waals surface area (Å²) in [7, 11) is 0. The fourth-order valence-electron chi connectivity index (χ4n) is 3.27. The molecule has 0 amide bonds. The Hall–Kier alpha value is -3.62. The highest BCUT2D eigenvalue weighted by Crippen LogP contribution is 2.41. The third-order valence-corrected chi connectivity index (χ3v) is 5.46. The fourth-order valence-corrected chi connectivity index (χ4v) is 3.27. The van der Waals surface area contributed by atoms with Crippen molar-refractivity contribution in [3.8, 4) is 0 Å². The van der Waals surface area contributed by atoms with Crippen LogP contribution in [0.2, 0.25) is 0 Å². The van der Waals surface area contributed by atoms with Crippen molar-refractivity contribution in [3.05, 3.63) is 58.5 Å². The zero-order valence-corrected chi connectivity index (χ0v) is 20.4. The van der Waals surface area contributed by atoms with Gasteiger partial charge in [0.2, 0.25) is 0 Å². The number of hydrogen-bond donors (Lipinski definition) is 0. The van der Waals surface area contributed by atoms with Crippen LogP contribution < -0.4 is 0 Å². The molecule has 0 fully saturated rings. The summed E-state index contributed by atoms with van der Waals surface area (Å²) in [5, 5.41) is 0. The van der Waals surface area contributed by atoms with E-state index < -0.39 is 36.2 Å². The highest BCUT2D eigenvalue weighted by atomic mass is 16.6. The molecule has 0 aromatic carbocycles. The summed E-state index contributed by atoms with van der Waals surface area (Å²) >= 11 is 0. The molecule has 2 atom stereocenters. The van der Waals surface area contributed by atoms with Gasteiger partial charge in [-0.15, -0.1) is 0 Å². The number of ether oxygens (including phenoxy) is 4. The Kier molecular flexibility index (Phi) is 9.41. The Balaban J connectivity index is 2.14. The molecular formula is C25H31NO8. The number of rotatable bonds is 9. The van der Waals surface area contributed by atoms with Gasteiger partial charge in [-0.05, 0) is 40.7 Å². The van der Waals surface area contributed by atoms with E-state index in [1.54, 1.807) is 63.6 Å². The van der Waals surface area contributed by atoms with Gasteiger partial charge in [0, 0.05) is 36.3 Å². The number of fused-ring (bicyclic) bond motifs is 1. The van der Waals surface area contributed by atoms with Crippen molar-refractivity contribution in [1.82, 2.24) is 4.57 Å². The molecule has 0 aliphatic carbocycles. The molecule has 0 bridgehead atoms. The molecule has 2 rings (SSSR count). The van der Waals surface area contributed by atoms with Crippen LogP contribution in [0.1, 0.15) is 71.6 Å². The quantitative estimate of drug-likeness (QED) is 0.301. The molecule has 2 heterocycles. The average molecular weight is 474 g/mol. The molecule has 9 heteroatoms. The van der Waals surface area contributed by atoms with Crippen molar-refractivity contribution in [2.75, 3.05) is 6.61 Å². The third kappa shape index (κ3) is 6.46. The molecule has 1 aromatic rings. The van der Waals surface area contributed by atoms with Crippen molar-refractivity contribution in [2.45, 2.75) is 66.9 Å². The molecule has 0 N–H and O–H groups in total. The summed E-state index contributed by atoms with van der Waals surface area (Å²) in [6, 6.07) is 1.71. The van der Waals surface area contributed by atoms with Gasteiger partial charge in [0.25, 0.3) is 0 Å². The molecule has 184 valence electrons. The van der Waals surface area contributed by atoms with Crippen LogP contribution in [-0.2, 0) is 44.7 Å². The summed E-state index contributed by atoms with van der Waals surface area (Å²) in [5.41, 5.74) is 2.27. The Morgan fingerprint density at radius 1 is 0.912 bits per heavy atom.